The van der Waals surface area contributed by atoms with E-state index < -0.39 is 12.2 Å². The van der Waals surface area contributed by atoms with Gasteiger partial charge in [0.1, 0.15) is 12.4 Å². The molecule has 7 heteroatoms. The molecule has 2 aromatic carbocycles. The van der Waals surface area contributed by atoms with Gasteiger partial charge < -0.3 is 14.8 Å². The van der Waals surface area contributed by atoms with Crippen molar-refractivity contribution in [1.29, 1.82) is 0 Å². The van der Waals surface area contributed by atoms with Gasteiger partial charge in [0.2, 0.25) is 0 Å². The predicted octanol–water partition coefficient (Wildman–Crippen LogP) is 4.20. The van der Waals surface area contributed by atoms with Crippen molar-refractivity contribution < 1.29 is 19.1 Å². The molecule has 0 fully saturated rings. The fraction of sp³-hybridized carbons (Fsp3) is 0.263. The normalized spacial score (nSPS) is 10.0. The molecular formula is C19H21ClN2O4. The van der Waals surface area contributed by atoms with Gasteiger partial charge in [-0.15, -0.1) is 11.6 Å². The van der Waals surface area contributed by atoms with E-state index in [1.807, 2.05) is 18.2 Å². The summed E-state index contributed by atoms with van der Waals surface area (Å²) in [5, 5.41) is 5.23. The predicted molar refractivity (Wildman–Crippen MR) is 101 cm³/mol. The van der Waals surface area contributed by atoms with Crippen molar-refractivity contribution in [1.82, 2.24) is 5.32 Å². The summed E-state index contributed by atoms with van der Waals surface area (Å²) in [7, 11) is 0. The third kappa shape index (κ3) is 7.44. The quantitative estimate of drug-likeness (QED) is 0.535. The highest BCUT2D eigenvalue weighted by Crippen LogP contribution is 2.17. The molecule has 0 saturated heterocycles. The molecule has 2 rings (SSSR count). The van der Waals surface area contributed by atoms with Crippen molar-refractivity contribution in [2.24, 2.45) is 0 Å². The Morgan fingerprint density at radius 1 is 1.00 bits per heavy atom. The van der Waals surface area contributed by atoms with E-state index in [9.17, 15) is 9.59 Å². The fourth-order valence-electron chi connectivity index (χ4n) is 2.19. The van der Waals surface area contributed by atoms with Crippen molar-refractivity contribution in [3.8, 4) is 5.75 Å². The van der Waals surface area contributed by atoms with Crippen molar-refractivity contribution in [3.63, 3.8) is 0 Å². The summed E-state index contributed by atoms with van der Waals surface area (Å²) >= 11 is 5.45. The van der Waals surface area contributed by atoms with Gasteiger partial charge in [-0.25, -0.2) is 9.59 Å². The molecule has 0 heterocycles. The Hall–Kier alpha value is -2.73. The van der Waals surface area contributed by atoms with Gasteiger partial charge in [0.05, 0.1) is 5.88 Å². The molecule has 0 aromatic heterocycles. The smallest absolute Gasteiger partial charge is 0.412 e. The van der Waals surface area contributed by atoms with Gasteiger partial charge >= 0.3 is 12.2 Å². The number of carbonyl (C=O) groups excluding carboxylic acids is 2. The number of nitrogens with one attached hydrogen (secondary N) is 2. The number of aryl methyl sites for hydroxylation is 1. The van der Waals surface area contributed by atoms with Crippen LogP contribution in [0, 0.1) is 0 Å². The van der Waals surface area contributed by atoms with Crippen molar-refractivity contribution >= 4 is 29.5 Å². The van der Waals surface area contributed by atoms with Crippen LogP contribution in [0.5, 0.6) is 5.75 Å². The average Bonchev–Trinajstić information content (AvgIpc) is 2.65. The SMILES string of the molecule is O=C(Nc1cccc(OC(=O)NCCCc2ccccc2)c1)OCCCl. The second kappa shape index (κ2) is 11.0. The van der Waals surface area contributed by atoms with E-state index in [4.69, 9.17) is 21.1 Å². The summed E-state index contributed by atoms with van der Waals surface area (Å²) in [6.07, 6.45) is 0.533. The Bertz CT molecular complexity index is 710. The molecule has 0 bridgehead atoms. The molecule has 0 saturated carbocycles. The molecule has 26 heavy (non-hydrogen) atoms. The lowest BCUT2D eigenvalue weighted by molar-refractivity contribution is 0.168. The highest BCUT2D eigenvalue weighted by molar-refractivity contribution is 6.18. The summed E-state index contributed by atoms with van der Waals surface area (Å²) in [6.45, 7) is 0.630. The lowest BCUT2D eigenvalue weighted by Gasteiger charge is -2.09. The van der Waals surface area contributed by atoms with Crippen molar-refractivity contribution in [2.75, 3.05) is 24.3 Å². The molecule has 0 aliphatic heterocycles. The van der Waals surface area contributed by atoms with Crippen LogP contribution in [0.3, 0.4) is 0 Å². The number of alkyl halides is 1. The Kier molecular flexibility index (Phi) is 8.29. The van der Waals surface area contributed by atoms with E-state index in [1.54, 1.807) is 18.2 Å². The Morgan fingerprint density at radius 3 is 2.58 bits per heavy atom. The first-order valence-corrected chi connectivity index (χ1v) is 8.80. The van der Waals surface area contributed by atoms with Crippen LogP contribution in [0.25, 0.3) is 0 Å². The number of benzene rings is 2. The van der Waals surface area contributed by atoms with Crippen molar-refractivity contribution in [3.05, 3.63) is 60.2 Å². The van der Waals surface area contributed by atoms with Crippen LogP contribution in [0.15, 0.2) is 54.6 Å². The molecule has 6 nitrogen and oxygen atoms in total. The van der Waals surface area contributed by atoms with Crippen LogP contribution in [-0.2, 0) is 11.2 Å². The van der Waals surface area contributed by atoms with Crippen LogP contribution >= 0.6 is 11.6 Å². The van der Waals surface area contributed by atoms with E-state index >= 15 is 0 Å². The number of amides is 2. The maximum Gasteiger partial charge on any atom is 0.412 e. The number of rotatable bonds is 8. The number of hydrogen-bond donors (Lipinski definition) is 2. The van der Waals surface area contributed by atoms with E-state index in [0.717, 1.165) is 12.8 Å². The molecule has 0 atom stereocenters. The average molecular weight is 377 g/mol. The molecule has 0 spiro atoms. The van der Waals surface area contributed by atoms with E-state index in [-0.39, 0.29) is 12.5 Å². The zero-order chi connectivity index (χ0) is 18.6. The molecule has 138 valence electrons. The van der Waals surface area contributed by atoms with Crippen molar-refractivity contribution in [2.45, 2.75) is 12.8 Å². The maximum atomic E-state index is 11.8. The van der Waals surface area contributed by atoms with Crippen LogP contribution in [0.4, 0.5) is 15.3 Å². The second-order valence-electron chi connectivity index (χ2n) is 5.38. The van der Waals surface area contributed by atoms with Gasteiger partial charge in [-0.05, 0) is 30.5 Å². The molecular weight excluding hydrogens is 356 g/mol. The zero-order valence-electron chi connectivity index (χ0n) is 14.2. The van der Waals surface area contributed by atoms with E-state index in [0.29, 0.717) is 18.0 Å². The molecule has 0 aliphatic carbocycles. The van der Waals surface area contributed by atoms with Gasteiger partial charge in [-0.1, -0.05) is 36.4 Å². The minimum atomic E-state index is -0.617. The first-order valence-electron chi connectivity index (χ1n) is 8.27. The van der Waals surface area contributed by atoms with Gasteiger partial charge in [0, 0.05) is 18.3 Å². The van der Waals surface area contributed by atoms with Crippen LogP contribution in [0.1, 0.15) is 12.0 Å². The summed E-state index contributed by atoms with van der Waals surface area (Å²) in [6, 6.07) is 16.5. The summed E-state index contributed by atoms with van der Waals surface area (Å²) < 4.78 is 10.0. The van der Waals surface area contributed by atoms with Crippen LogP contribution in [0.2, 0.25) is 0 Å². The Labute approximate surface area is 157 Å². The first kappa shape index (κ1) is 19.6. The molecule has 0 unspecified atom stereocenters. The van der Waals surface area contributed by atoms with E-state index in [2.05, 4.69) is 22.8 Å². The number of hydrogen-bond acceptors (Lipinski definition) is 4. The second-order valence-corrected chi connectivity index (χ2v) is 5.76. The molecule has 2 amide bonds. The summed E-state index contributed by atoms with van der Waals surface area (Å²) in [4.78, 5) is 23.3. The summed E-state index contributed by atoms with van der Waals surface area (Å²) in [5.74, 6) is 0.543. The highest BCUT2D eigenvalue weighted by atomic mass is 35.5. The Morgan fingerprint density at radius 2 is 1.81 bits per heavy atom. The number of anilines is 1. The minimum Gasteiger partial charge on any atom is -0.448 e. The molecule has 0 aliphatic rings. The molecule has 2 aromatic rings. The first-order chi connectivity index (χ1) is 12.7. The highest BCUT2D eigenvalue weighted by Gasteiger charge is 2.07. The largest absolute Gasteiger partial charge is 0.448 e. The van der Waals surface area contributed by atoms with Crippen LogP contribution in [-0.4, -0.2) is 31.2 Å². The third-order valence-electron chi connectivity index (χ3n) is 3.36. The molecule has 2 N–H and O–H groups in total. The van der Waals surface area contributed by atoms with E-state index in [1.165, 1.54) is 11.6 Å². The molecule has 0 radical (unpaired) electrons. The lowest BCUT2D eigenvalue weighted by atomic mass is 10.1. The minimum absolute atomic E-state index is 0.120. The van der Waals surface area contributed by atoms with Gasteiger partial charge in [0.25, 0.3) is 0 Å². The lowest BCUT2D eigenvalue weighted by Crippen LogP contribution is -2.28. The van der Waals surface area contributed by atoms with Gasteiger partial charge in [-0.2, -0.15) is 0 Å². The summed E-state index contributed by atoms with van der Waals surface area (Å²) in [5.41, 5.74) is 1.68. The third-order valence-corrected chi connectivity index (χ3v) is 3.51. The maximum absolute atomic E-state index is 11.8. The monoisotopic (exact) mass is 376 g/mol. The zero-order valence-corrected chi connectivity index (χ0v) is 15.0. The van der Waals surface area contributed by atoms with Crippen LogP contribution < -0.4 is 15.4 Å². The van der Waals surface area contributed by atoms with Gasteiger partial charge in [0.15, 0.2) is 0 Å². The number of halogens is 1. The number of ether oxygens (including phenoxy) is 2. The Balaban J connectivity index is 1.72. The number of carbonyl (C=O) groups is 2. The fourth-order valence-corrected chi connectivity index (χ4v) is 2.27. The van der Waals surface area contributed by atoms with Gasteiger partial charge in [-0.3, -0.25) is 5.32 Å². The standard InChI is InChI=1S/C19H21ClN2O4/c20-11-13-25-19(24)22-16-9-4-10-17(14-16)26-18(23)21-12-5-8-15-6-2-1-3-7-15/h1-4,6-7,9-10,14H,5,8,11-13H2,(H,21,23)(H,22,24). The topological polar surface area (TPSA) is 76.7 Å².